The first-order valence-electron chi connectivity index (χ1n) is 6.11. The summed E-state index contributed by atoms with van der Waals surface area (Å²) in [5, 5.41) is 5.38. The molecule has 2 nitrogen and oxygen atoms in total. The fraction of sp³-hybridized carbons (Fsp3) is 0.333. The molecule has 1 unspecified atom stereocenters. The molecule has 0 aliphatic heterocycles. The number of hydrogen-bond acceptors (Lipinski definition) is 3. The molecule has 1 aromatic carbocycles. The van der Waals surface area contributed by atoms with Gasteiger partial charge in [0.1, 0.15) is 0 Å². The Balaban J connectivity index is 2.45. The molecule has 1 atom stereocenters. The third-order valence-corrected chi connectivity index (χ3v) is 4.23. The van der Waals surface area contributed by atoms with Crippen LogP contribution < -0.4 is 5.32 Å². The predicted octanol–water partition coefficient (Wildman–Crippen LogP) is 3.75. The average Bonchev–Trinajstić information content (AvgIpc) is 2.76. The number of nitrogens with one attached hydrogen (secondary N) is 1. The highest BCUT2D eigenvalue weighted by Crippen LogP contribution is 2.33. The van der Waals surface area contributed by atoms with E-state index in [4.69, 9.17) is 0 Å². The molecular formula is C15H20N2S. The largest absolute Gasteiger partial charge is 0.388 e. The van der Waals surface area contributed by atoms with Gasteiger partial charge in [-0.3, -0.25) is 4.90 Å². The quantitative estimate of drug-likeness (QED) is 0.900. The molecule has 2 rings (SSSR count). The second kappa shape index (κ2) is 5.55. The lowest BCUT2D eigenvalue weighted by molar-refractivity contribution is 0.346. The number of aryl methyl sites for hydroxylation is 1. The van der Waals surface area contributed by atoms with Crippen molar-refractivity contribution >= 4 is 17.0 Å². The number of thiophene rings is 1. The highest BCUT2D eigenvalue weighted by molar-refractivity contribution is 7.10. The monoisotopic (exact) mass is 260 g/mol. The van der Waals surface area contributed by atoms with Crippen LogP contribution in [0.4, 0.5) is 5.69 Å². The van der Waals surface area contributed by atoms with Gasteiger partial charge in [-0.05, 0) is 55.7 Å². The first kappa shape index (κ1) is 13.1. The lowest BCUT2D eigenvalue weighted by Gasteiger charge is -2.25. The molecule has 0 radical (unpaired) electrons. The number of benzene rings is 1. The van der Waals surface area contributed by atoms with Gasteiger partial charge in [0.25, 0.3) is 0 Å². The summed E-state index contributed by atoms with van der Waals surface area (Å²) in [5.74, 6) is 0. The summed E-state index contributed by atoms with van der Waals surface area (Å²) in [6.07, 6.45) is 0. The zero-order valence-electron chi connectivity index (χ0n) is 11.4. The minimum Gasteiger partial charge on any atom is -0.388 e. The predicted molar refractivity (Wildman–Crippen MR) is 80.6 cm³/mol. The van der Waals surface area contributed by atoms with Crippen LogP contribution in [0, 0.1) is 6.92 Å². The van der Waals surface area contributed by atoms with Crippen molar-refractivity contribution in [3.05, 3.63) is 51.7 Å². The Kier molecular flexibility index (Phi) is 4.04. The van der Waals surface area contributed by atoms with E-state index in [9.17, 15) is 0 Å². The second-order valence-electron chi connectivity index (χ2n) is 4.71. The van der Waals surface area contributed by atoms with Crippen LogP contribution in [0.2, 0.25) is 0 Å². The van der Waals surface area contributed by atoms with Crippen molar-refractivity contribution in [3.8, 4) is 0 Å². The van der Waals surface area contributed by atoms with E-state index < -0.39 is 0 Å². The third kappa shape index (κ3) is 2.57. The van der Waals surface area contributed by atoms with Gasteiger partial charge < -0.3 is 5.32 Å². The van der Waals surface area contributed by atoms with Crippen LogP contribution in [-0.2, 0) is 0 Å². The zero-order chi connectivity index (χ0) is 13.1. The van der Waals surface area contributed by atoms with Gasteiger partial charge in [-0.15, -0.1) is 11.3 Å². The van der Waals surface area contributed by atoms with Gasteiger partial charge in [0, 0.05) is 17.6 Å². The fourth-order valence-corrected chi connectivity index (χ4v) is 3.36. The maximum atomic E-state index is 3.21. The van der Waals surface area contributed by atoms with Gasteiger partial charge >= 0.3 is 0 Å². The molecule has 1 heterocycles. The van der Waals surface area contributed by atoms with Gasteiger partial charge in [-0.25, -0.2) is 0 Å². The minimum absolute atomic E-state index is 0.332. The van der Waals surface area contributed by atoms with Crippen LogP contribution in [0.15, 0.2) is 35.7 Å². The average molecular weight is 260 g/mol. The van der Waals surface area contributed by atoms with E-state index in [0.29, 0.717) is 6.04 Å². The van der Waals surface area contributed by atoms with Gasteiger partial charge in [0.05, 0.1) is 6.04 Å². The molecule has 0 fully saturated rings. The smallest absolute Gasteiger partial charge is 0.0694 e. The van der Waals surface area contributed by atoms with E-state index in [-0.39, 0.29) is 0 Å². The van der Waals surface area contributed by atoms with Crippen LogP contribution >= 0.6 is 11.3 Å². The maximum Gasteiger partial charge on any atom is 0.0694 e. The first-order chi connectivity index (χ1) is 8.63. The van der Waals surface area contributed by atoms with E-state index >= 15 is 0 Å². The minimum atomic E-state index is 0.332. The molecular weight excluding hydrogens is 240 g/mol. The first-order valence-corrected chi connectivity index (χ1v) is 6.99. The molecule has 0 aliphatic rings. The van der Waals surface area contributed by atoms with Crippen molar-refractivity contribution in [1.82, 2.24) is 4.90 Å². The molecule has 0 saturated heterocycles. The van der Waals surface area contributed by atoms with Crippen LogP contribution in [-0.4, -0.2) is 26.0 Å². The van der Waals surface area contributed by atoms with Gasteiger partial charge in [-0.2, -0.15) is 0 Å². The normalized spacial score (nSPS) is 12.7. The lowest BCUT2D eigenvalue weighted by atomic mass is 10.0. The van der Waals surface area contributed by atoms with E-state index in [1.807, 2.05) is 18.4 Å². The van der Waals surface area contributed by atoms with E-state index in [1.165, 1.54) is 16.0 Å². The standard InChI is InChI=1S/C15H20N2S/c1-11-8-9-18-15(11)14(17(3)4)12-6-5-7-13(10-12)16-2/h5-10,14,16H,1-4H3. The van der Waals surface area contributed by atoms with Crippen molar-refractivity contribution in [2.24, 2.45) is 0 Å². The summed E-state index contributed by atoms with van der Waals surface area (Å²) >= 11 is 1.83. The van der Waals surface area contributed by atoms with Crippen molar-refractivity contribution < 1.29 is 0 Å². The van der Waals surface area contributed by atoms with E-state index in [1.54, 1.807) is 0 Å². The number of nitrogens with zero attached hydrogens (tertiary/aromatic N) is 1. The summed E-state index contributed by atoms with van der Waals surface area (Å²) in [4.78, 5) is 3.70. The molecule has 1 N–H and O–H groups in total. The zero-order valence-corrected chi connectivity index (χ0v) is 12.2. The summed E-state index contributed by atoms with van der Waals surface area (Å²) in [7, 11) is 6.23. The second-order valence-corrected chi connectivity index (χ2v) is 5.66. The fourth-order valence-electron chi connectivity index (χ4n) is 2.21. The molecule has 0 bridgehead atoms. The molecule has 1 aromatic heterocycles. The van der Waals surface area contributed by atoms with E-state index in [2.05, 4.69) is 66.9 Å². The summed E-state index contributed by atoms with van der Waals surface area (Å²) in [6, 6.07) is 11.2. The van der Waals surface area contributed by atoms with Gasteiger partial charge in [0.15, 0.2) is 0 Å². The molecule has 18 heavy (non-hydrogen) atoms. The van der Waals surface area contributed by atoms with Crippen molar-refractivity contribution in [3.63, 3.8) is 0 Å². The Morgan fingerprint density at radius 1 is 1.22 bits per heavy atom. The molecule has 3 heteroatoms. The maximum absolute atomic E-state index is 3.21. The lowest BCUT2D eigenvalue weighted by Crippen LogP contribution is -2.20. The number of anilines is 1. The molecule has 0 spiro atoms. The van der Waals surface area contributed by atoms with Crippen molar-refractivity contribution in [2.75, 3.05) is 26.5 Å². The Morgan fingerprint density at radius 3 is 2.56 bits per heavy atom. The van der Waals surface area contributed by atoms with Gasteiger partial charge in [0.2, 0.25) is 0 Å². The Labute approximate surface area is 113 Å². The Morgan fingerprint density at radius 2 is 2.00 bits per heavy atom. The molecule has 96 valence electrons. The van der Waals surface area contributed by atoms with Gasteiger partial charge in [-0.1, -0.05) is 12.1 Å². The summed E-state index contributed by atoms with van der Waals surface area (Å²) in [6.45, 7) is 2.18. The highest BCUT2D eigenvalue weighted by Gasteiger charge is 2.19. The number of rotatable bonds is 4. The summed E-state index contributed by atoms with van der Waals surface area (Å²) in [5.41, 5.74) is 3.86. The van der Waals surface area contributed by atoms with E-state index in [0.717, 1.165) is 5.69 Å². The molecule has 0 saturated carbocycles. The van der Waals surface area contributed by atoms with Crippen LogP contribution in [0.3, 0.4) is 0 Å². The highest BCUT2D eigenvalue weighted by atomic mass is 32.1. The molecule has 0 aliphatic carbocycles. The Bertz CT molecular complexity index is 517. The SMILES string of the molecule is CNc1cccc(C(c2sccc2C)N(C)C)c1. The van der Waals surface area contributed by atoms with Crippen molar-refractivity contribution in [1.29, 1.82) is 0 Å². The van der Waals surface area contributed by atoms with Crippen LogP contribution in [0.1, 0.15) is 22.0 Å². The number of hydrogen-bond donors (Lipinski definition) is 1. The van der Waals surface area contributed by atoms with Crippen LogP contribution in [0.5, 0.6) is 0 Å². The third-order valence-electron chi connectivity index (χ3n) is 3.16. The van der Waals surface area contributed by atoms with Crippen molar-refractivity contribution in [2.45, 2.75) is 13.0 Å². The van der Waals surface area contributed by atoms with Crippen LogP contribution in [0.25, 0.3) is 0 Å². The molecule has 2 aromatic rings. The molecule has 0 amide bonds. The summed E-state index contributed by atoms with van der Waals surface area (Å²) < 4.78 is 0. The topological polar surface area (TPSA) is 15.3 Å². The Hall–Kier alpha value is -1.32.